The summed E-state index contributed by atoms with van der Waals surface area (Å²) in [5.74, 6) is 0.646. The van der Waals surface area contributed by atoms with Gasteiger partial charge >= 0.3 is 0 Å². The summed E-state index contributed by atoms with van der Waals surface area (Å²) in [6, 6.07) is 8.51. The largest absolute Gasteiger partial charge is 0.393 e. The van der Waals surface area contributed by atoms with E-state index in [2.05, 4.69) is 24.4 Å². The number of aliphatic hydroxyl groups is 1. The van der Waals surface area contributed by atoms with E-state index in [1.807, 2.05) is 12.1 Å². The molecule has 0 spiro atoms. The predicted octanol–water partition coefficient (Wildman–Crippen LogP) is 3.02. The standard InChI is InChI=1S/C15H22ClNO/c1-11(8-12-2-5-14(16)6-3-12)17-10-13-4-7-15(18)9-13/h2-3,5-6,11,13,15,17-18H,4,7-10H2,1H3. The summed E-state index contributed by atoms with van der Waals surface area (Å²) in [5, 5.41) is 13.8. The average molecular weight is 268 g/mol. The molecule has 0 bridgehead atoms. The molecule has 1 aliphatic carbocycles. The molecule has 1 saturated carbocycles. The van der Waals surface area contributed by atoms with Crippen molar-refractivity contribution >= 4 is 11.6 Å². The molecule has 3 atom stereocenters. The summed E-state index contributed by atoms with van der Waals surface area (Å²) >= 11 is 5.87. The Morgan fingerprint density at radius 2 is 2.06 bits per heavy atom. The highest BCUT2D eigenvalue weighted by Gasteiger charge is 2.22. The van der Waals surface area contributed by atoms with Crippen molar-refractivity contribution in [2.45, 2.75) is 44.8 Å². The molecular weight excluding hydrogens is 246 g/mol. The molecule has 2 N–H and O–H groups in total. The van der Waals surface area contributed by atoms with Crippen LogP contribution >= 0.6 is 11.6 Å². The molecule has 0 radical (unpaired) electrons. The van der Waals surface area contributed by atoms with Crippen LogP contribution in [-0.2, 0) is 6.42 Å². The number of halogens is 1. The van der Waals surface area contributed by atoms with E-state index in [1.54, 1.807) is 0 Å². The lowest BCUT2D eigenvalue weighted by Gasteiger charge is -2.17. The Morgan fingerprint density at radius 3 is 2.67 bits per heavy atom. The second kappa shape index (κ2) is 6.55. The normalized spacial score (nSPS) is 25.3. The molecule has 1 aliphatic rings. The van der Waals surface area contributed by atoms with Gasteiger partial charge in [0.25, 0.3) is 0 Å². The highest BCUT2D eigenvalue weighted by Crippen LogP contribution is 2.24. The van der Waals surface area contributed by atoms with Crippen LogP contribution < -0.4 is 5.32 Å². The number of aliphatic hydroxyl groups excluding tert-OH is 1. The van der Waals surface area contributed by atoms with Gasteiger partial charge in [0.15, 0.2) is 0 Å². The Bertz CT molecular complexity index is 365. The fraction of sp³-hybridized carbons (Fsp3) is 0.600. The minimum absolute atomic E-state index is 0.0663. The Hall–Kier alpha value is -0.570. The van der Waals surface area contributed by atoms with Crippen LogP contribution in [0.4, 0.5) is 0 Å². The van der Waals surface area contributed by atoms with E-state index in [1.165, 1.54) is 5.56 Å². The molecule has 3 unspecified atom stereocenters. The second-order valence-electron chi connectivity index (χ2n) is 5.47. The first-order valence-corrected chi connectivity index (χ1v) is 7.17. The van der Waals surface area contributed by atoms with Crippen molar-refractivity contribution in [2.24, 2.45) is 5.92 Å². The molecular formula is C15H22ClNO. The first-order valence-electron chi connectivity index (χ1n) is 6.79. The van der Waals surface area contributed by atoms with E-state index >= 15 is 0 Å². The molecule has 1 aromatic rings. The van der Waals surface area contributed by atoms with Gasteiger partial charge in [-0.1, -0.05) is 23.7 Å². The van der Waals surface area contributed by atoms with Crippen molar-refractivity contribution in [3.63, 3.8) is 0 Å². The Labute approximate surface area is 114 Å². The van der Waals surface area contributed by atoms with Crippen LogP contribution in [-0.4, -0.2) is 23.8 Å². The van der Waals surface area contributed by atoms with Crippen molar-refractivity contribution in [1.29, 1.82) is 0 Å². The molecule has 2 rings (SSSR count). The van der Waals surface area contributed by atoms with Gasteiger partial charge in [0, 0.05) is 11.1 Å². The number of nitrogens with one attached hydrogen (secondary N) is 1. The molecule has 18 heavy (non-hydrogen) atoms. The molecule has 3 heteroatoms. The fourth-order valence-corrected chi connectivity index (χ4v) is 2.77. The van der Waals surface area contributed by atoms with Crippen molar-refractivity contribution in [3.8, 4) is 0 Å². The zero-order valence-electron chi connectivity index (χ0n) is 10.9. The highest BCUT2D eigenvalue weighted by molar-refractivity contribution is 6.30. The first kappa shape index (κ1) is 13.9. The first-order chi connectivity index (χ1) is 8.63. The lowest BCUT2D eigenvalue weighted by atomic mass is 10.0. The maximum absolute atomic E-state index is 9.49. The maximum atomic E-state index is 9.49. The summed E-state index contributed by atoms with van der Waals surface area (Å²) in [6.45, 7) is 3.23. The molecule has 0 heterocycles. The summed E-state index contributed by atoms with van der Waals surface area (Å²) in [4.78, 5) is 0. The minimum atomic E-state index is -0.0663. The van der Waals surface area contributed by atoms with E-state index in [4.69, 9.17) is 11.6 Å². The van der Waals surface area contributed by atoms with Crippen LogP contribution in [0.2, 0.25) is 5.02 Å². The van der Waals surface area contributed by atoms with Crippen LogP contribution in [0.15, 0.2) is 24.3 Å². The Balaban J connectivity index is 1.71. The summed E-state index contributed by atoms with van der Waals surface area (Å²) in [6.07, 6.45) is 4.04. The van der Waals surface area contributed by atoms with Crippen LogP contribution in [0.25, 0.3) is 0 Å². The number of hydrogen-bond acceptors (Lipinski definition) is 2. The number of benzene rings is 1. The van der Waals surface area contributed by atoms with Crippen molar-refractivity contribution in [2.75, 3.05) is 6.54 Å². The van der Waals surface area contributed by atoms with E-state index < -0.39 is 0 Å². The zero-order valence-corrected chi connectivity index (χ0v) is 11.7. The van der Waals surface area contributed by atoms with Crippen molar-refractivity contribution < 1.29 is 5.11 Å². The number of hydrogen-bond donors (Lipinski definition) is 2. The highest BCUT2D eigenvalue weighted by atomic mass is 35.5. The minimum Gasteiger partial charge on any atom is -0.393 e. The lowest BCUT2D eigenvalue weighted by molar-refractivity contribution is 0.177. The van der Waals surface area contributed by atoms with Crippen LogP contribution in [0.1, 0.15) is 31.7 Å². The number of rotatable bonds is 5. The third-order valence-electron chi connectivity index (χ3n) is 3.72. The van der Waals surface area contributed by atoms with Gasteiger partial charge in [0.2, 0.25) is 0 Å². The third-order valence-corrected chi connectivity index (χ3v) is 3.98. The van der Waals surface area contributed by atoms with E-state index in [0.29, 0.717) is 12.0 Å². The van der Waals surface area contributed by atoms with Gasteiger partial charge in [-0.3, -0.25) is 0 Å². The van der Waals surface area contributed by atoms with E-state index in [-0.39, 0.29) is 6.10 Å². The second-order valence-corrected chi connectivity index (χ2v) is 5.91. The maximum Gasteiger partial charge on any atom is 0.0543 e. The van der Waals surface area contributed by atoms with Gasteiger partial charge in [-0.05, 0) is 62.8 Å². The van der Waals surface area contributed by atoms with Gasteiger partial charge in [-0.25, -0.2) is 0 Å². The quantitative estimate of drug-likeness (QED) is 0.860. The van der Waals surface area contributed by atoms with Crippen molar-refractivity contribution in [3.05, 3.63) is 34.9 Å². The van der Waals surface area contributed by atoms with Crippen LogP contribution in [0.3, 0.4) is 0 Å². The van der Waals surface area contributed by atoms with Gasteiger partial charge in [-0.15, -0.1) is 0 Å². The molecule has 0 aromatic heterocycles. The van der Waals surface area contributed by atoms with Gasteiger partial charge in [-0.2, -0.15) is 0 Å². The zero-order chi connectivity index (χ0) is 13.0. The van der Waals surface area contributed by atoms with Gasteiger partial charge in [0.05, 0.1) is 6.10 Å². The summed E-state index contributed by atoms with van der Waals surface area (Å²) in [5.41, 5.74) is 1.31. The summed E-state index contributed by atoms with van der Waals surface area (Å²) < 4.78 is 0. The van der Waals surface area contributed by atoms with E-state index in [9.17, 15) is 5.11 Å². The predicted molar refractivity (Wildman–Crippen MR) is 76.0 cm³/mol. The molecule has 0 amide bonds. The molecule has 1 fully saturated rings. The molecule has 0 aliphatic heterocycles. The smallest absolute Gasteiger partial charge is 0.0543 e. The van der Waals surface area contributed by atoms with Crippen molar-refractivity contribution in [1.82, 2.24) is 5.32 Å². The topological polar surface area (TPSA) is 32.3 Å². The van der Waals surface area contributed by atoms with Gasteiger partial charge in [0.1, 0.15) is 0 Å². The summed E-state index contributed by atoms with van der Waals surface area (Å²) in [7, 11) is 0. The molecule has 0 saturated heterocycles. The van der Waals surface area contributed by atoms with E-state index in [0.717, 1.165) is 37.3 Å². The lowest BCUT2D eigenvalue weighted by Crippen LogP contribution is -2.32. The molecule has 100 valence electrons. The van der Waals surface area contributed by atoms with Crippen LogP contribution in [0.5, 0.6) is 0 Å². The Morgan fingerprint density at radius 1 is 1.33 bits per heavy atom. The fourth-order valence-electron chi connectivity index (χ4n) is 2.65. The molecule has 2 nitrogen and oxygen atoms in total. The third kappa shape index (κ3) is 4.27. The molecule has 1 aromatic carbocycles. The monoisotopic (exact) mass is 267 g/mol. The average Bonchev–Trinajstić information content (AvgIpc) is 2.76. The SMILES string of the molecule is CC(Cc1ccc(Cl)cc1)NCC1CCC(O)C1. The Kier molecular flexibility index (Phi) is 5.04. The van der Waals surface area contributed by atoms with Crippen LogP contribution in [0, 0.1) is 5.92 Å². The van der Waals surface area contributed by atoms with Gasteiger partial charge < -0.3 is 10.4 Å².